The molecule has 0 aliphatic carbocycles. The molecule has 0 bridgehead atoms. The summed E-state index contributed by atoms with van der Waals surface area (Å²) in [4.78, 5) is 48.7. The van der Waals surface area contributed by atoms with E-state index in [4.69, 9.17) is 10.3 Å². The first kappa shape index (κ1) is 34.3. The number of hydrogen-bond acceptors (Lipinski definition) is 9. The molecule has 1 aliphatic heterocycles. The van der Waals surface area contributed by atoms with Crippen LogP contribution in [0.1, 0.15) is 51.3 Å². The predicted molar refractivity (Wildman–Crippen MR) is 168 cm³/mol. The average molecular weight is 632 g/mol. The van der Waals surface area contributed by atoms with E-state index in [1.54, 1.807) is 23.1 Å². The van der Waals surface area contributed by atoms with Crippen molar-refractivity contribution < 1.29 is 24.2 Å². The Kier molecular flexibility index (Phi) is 13.3. The van der Waals surface area contributed by atoms with Crippen molar-refractivity contribution in [1.29, 1.82) is 0 Å². The van der Waals surface area contributed by atoms with E-state index in [0.29, 0.717) is 19.8 Å². The van der Waals surface area contributed by atoms with Gasteiger partial charge in [0.2, 0.25) is 17.7 Å². The smallest absolute Gasteiger partial charge is 0.247 e. The lowest BCUT2D eigenvalue weighted by Crippen LogP contribution is -2.59. The molecule has 0 saturated carbocycles. The molecule has 1 fully saturated rings. The number of ether oxygens (including phenoxy) is 1. The van der Waals surface area contributed by atoms with E-state index in [1.165, 1.54) is 11.8 Å². The van der Waals surface area contributed by atoms with Gasteiger partial charge in [0.05, 0.1) is 28.8 Å². The van der Waals surface area contributed by atoms with Crippen molar-refractivity contribution in [3.05, 3.63) is 51.5 Å². The number of carbonyl (C=O) groups excluding carboxylic acids is 3. The Morgan fingerprint density at radius 3 is 2.67 bits per heavy atom. The topological polar surface area (TPSA) is 170 Å². The van der Waals surface area contributed by atoms with Crippen LogP contribution in [0.4, 0.5) is 0 Å². The van der Waals surface area contributed by atoms with Gasteiger partial charge in [-0.3, -0.25) is 14.4 Å². The fraction of sp³-hybridized carbons (Fsp3) is 0.586. The van der Waals surface area contributed by atoms with Gasteiger partial charge < -0.3 is 25.4 Å². The lowest BCUT2D eigenvalue weighted by Gasteiger charge is -2.37. The van der Waals surface area contributed by atoms with Crippen LogP contribution in [-0.2, 0) is 25.7 Å². The Bertz CT molecular complexity index is 1280. The fourth-order valence-electron chi connectivity index (χ4n) is 4.84. The van der Waals surface area contributed by atoms with Crippen molar-refractivity contribution in [2.45, 2.75) is 76.4 Å². The lowest BCUT2D eigenvalue weighted by molar-refractivity contribution is -0.142. The van der Waals surface area contributed by atoms with Gasteiger partial charge in [-0.05, 0) is 56.0 Å². The highest BCUT2D eigenvalue weighted by Gasteiger charge is 2.45. The average Bonchev–Trinajstić information content (AvgIpc) is 3.58. The summed E-state index contributed by atoms with van der Waals surface area (Å²) in [5.41, 5.74) is 13.1. The van der Waals surface area contributed by atoms with Crippen LogP contribution in [0.25, 0.3) is 20.9 Å². The Morgan fingerprint density at radius 2 is 2.02 bits per heavy atom. The van der Waals surface area contributed by atoms with Crippen LogP contribution in [-0.4, -0.2) is 87.7 Å². The van der Waals surface area contributed by atoms with Gasteiger partial charge in [0.25, 0.3) is 0 Å². The Morgan fingerprint density at radius 1 is 1.28 bits per heavy atom. The van der Waals surface area contributed by atoms with Gasteiger partial charge in [0, 0.05) is 49.2 Å². The summed E-state index contributed by atoms with van der Waals surface area (Å²) < 4.78 is 4.75. The molecule has 3 N–H and O–H groups in total. The molecule has 0 spiro atoms. The first-order valence-corrected chi connectivity index (χ1v) is 16.1. The first-order chi connectivity index (χ1) is 20.5. The summed E-state index contributed by atoms with van der Waals surface area (Å²) in [5.74, 6) is -0.364. The third-order valence-electron chi connectivity index (χ3n) is 7.14. The Hall–Kier alpha value is -3.16. The first-order valence-electron chi connectivity index (χ1n) is 14.3. The van der Waals surface area contributed by atoms with Crippen LogP contribution >= 0.6 is 23.1 Å². The molecule has 0 unspecified atom stereocenters. The van der Waals surface area contributed by atoms with Crippen molar-refractivity contribution in [3.8, 4) is 10.4 Å². The summed E-state index contributed by atoms with van der Waals surface area (Å²) >= 11 is 3.13. The molecule has 3 atom stereocenters. The maximum atomic E-state index is 13.8. The third kappa shape index (κ3) is 10.2. The zero-order valence-corrected chi connectivity index (χ0v) is 26.7. The van der Waals surface area contributed by atoms with E-state index in [-0.39, 0.29) is 31.3 Å². The molecule has 234 valence electrons. The van der Waals surface area contributed by atoms with Crippen LogP contribution in [0.3, 0.4) is 0 Å². The minimum absolute atomic E-state index is 0.0177. The molecule has 43 heavy (non-hydrogen) atoms. The summed E-state index contributed by atoms with van der Waals surface area (Å²) in [7, 11) is 0. The van der Waals surface area contributed by atoms with Crippen molar-refractivity contribution in [2.75, 3.05) is 32.1 Å². The second kappa shape index (κ2) is 16.6. The molecular weight excluding hydrogens is 590 g/mol. The standard InChI is InChI=1S/C29H41N7O5S2/c1-19-25(42-18-32-19)22-9-7-21(8-10-22)16-31-27(39)24-15-23(38)17-36(24)28(40)26(34-20(2)37)29(3,4)43-14-6-5-12-41-13-11-33-35-30/h7-10,18,23-24,26,38H,5-6,11-17H2,1-4H3,(H,31,39)(H,34,37)/t23-,24+,26-/m1/s1. The zero-order chi connectivity index (χ0) is 31.4. The number of rotatable bonds is 16. The molecule has 2 aromatic rings. The molecule has 1 saturated heterocycles. The number of aliphatic hydroxyl groups is 1. The van der Waals surface area contributed by atoms with Gasteiger partial charge in [-0.25, -0.2) is 4.98 Å². The van der Waals surface area contributed by atoms with Crippen molar-refractivity contribution in [3.63, 3.8) is 0 Å². The van der Waals surface area contributed by atoms with Crippen LogP contribution in [0.2, 0.25) is 0 Å². The van der Waals surface area contributed by atoms with Crippen LogP contribution in [0, 0.1) is 6.92 Å². The molecular formula is C29H41N7O5S2. The number of thioether (sulfide) groups is 1. The third-order valence-corrected chi connectivity index (χ3v) is 9.59. The fourth-order valence-corrected chi connectivity index (χ4v) is 6.86. The van der Waals surface area contributed by atoms with E-state index >= 15 is 0 Å². The number of thiazole rings is 1. The van der Waals surface area contributed by atoms with Gasteiger partial charge >= 0.3 is 0 Å². The second-order valence-corrected chi connectivity index (χ2v) is 13.5. The van der Waals surface area contributed by atoms with Crippen LogP contribution in [0.15, 0.2) is 34.9 Å². The van der Waals surface area contributed by atoms with Gasteiger partial charge in [0.15, 0.2) is 0 Å². The van der Waals surface area contributed by atoms with Crippen LogP contribution < -0.4 is 10.6 Å². The number of unbranched alkanes of at least 4 members (excludes halogenated alkanes) is 1. The maximum Gasteiger partial charge on any atom is 0.247 e. The number of nitrogens with one attached hydrogen (secondary N) is 2. The predicted octanol–water partition coefficient (Wildman–Crippen LogP) is 3.82. The number of aliphatic hydroxyl groups excluding tert-OH is 1. The highest BCUT2D eigenvalue weighted by Crippen LogP contribution is 2.32. The number of nitrogens with zero attached hydrogens (tertiary/aromatic N) is 5. The molecule has 1 aromatic heterocycles. The minimum Gasteiger partial charge on any atom is -0.391 e. The summed E-state index contributed by atoms with van der Waals surface area (Å²) in [6.45, 7) is 8.62. The lowest BCUT2D eigenvalue weighted by atomic mass is 10.0. The van der Waals surface area contributed by atoms with E-state index in [0.717, 1.165) is 40.3 Å². The van der Waals surface area contributed by atoms with E-state index in [2.05, 4.69) is 25.6 Å². The summed E-state index contributed by atoms with van der Waals surface area (Å²) in [6, 6.07) is 6.15. The molecule has 3 amide bonds. The van der Waals surface area contributed by atoms with E-state index < -0.39 is 28.8 Å². The Balaban J connectivity index is 1.58. The number of azide groups is 1. The maximum absolute atomic E-state index is 13.8. The molecule has 2 heterocycles. The van der Waals surface area contributed by atoms with Gasteiger partial charge in [0.1, 0.15) is 12.1 Å². The van der Waals surface area contributed by atoms with Gasteiger partial charge in [-0.1, -0.05) is 29.4 Å². The number of carbonyl (C=O) groups is 3. The van der Waals surface area contributed by atoms with Gasteiger partial charge in [-0.15, -0.1) is 11.3 Å². The highest BCUT2D eigenvalue weighted by molar-refractivity contribution is 8.00. The number of benzene rings is 1. The molecule has 3 rings (SSSR count). The largest absolute Gasteiger partial charge is 0.391 e. The number of amides is 3. The molecule has 1 aromatic carbocycles. The number of likely N-dealkylation sites (tertiary alicyclic amines) is 1. The zero-order valence-electron chi connectivity index (χ0n) is 25.1. The molecule has 14 heteroatoms. The van der Waals surface area contributed by atoms with E-state index in [9.17, 15) is 19.5 Å². The molecule has 0 radical (unpaired) electrons. The van der Waals surface area contributed by atoms with E-state index in [1.807, 2.05) is 50.5 Å². The molecule has 1 aliphatic rings. The van der Waals surface area contributed by atoms with Crippen molar-refractivity contribution in [2.24, 2.45) is 5.11 Å². The normalized spacial score (nSPS) is 17.3. The van der Waals surface area contributed by atoms with Gasteiger partial charge in [-0.2, -0.15) is 11.8 Å². The number of aryl methyl sites for hydroxylation is 1. The van der Waals surface area contributed by atoms with Crippen molar-refractivity contribution >= 4 is 40.8 Å². The Labute approximate surface area is 260 Å². The number of hydrogen-bond donors (Lipinski definition) is 3. The second-order valence-electron chi connectivity index (χ2n) is 10.9. The minimum atomic E-state index is -0.890. The van der Waals surface area contributed by atoms with Crippen molar-refractivity contribution in [1.82, 2.24) is 20.5 Å². The SMILES string of the molecule is CC(=O)N[C@H](C(=O)N1C[C@H](O)C[C@H]1C(=O)NCc1ccc(-c2scnc2C)cc1)C(C)(C)SCCCCOCCN=[N+]=[N-]. The molecule has 12 nitrogen and oxygen atoms in total. The monoisotopic (exact) mass is 631 g/mol. The number of β-amino-alcohol motifs (C(OH)–C–C–N with tert-alkyl or cyclic N) is 1. The highest BCUT2D eigenvalue weighted by atomic mass is 32.2. The summed E-state index contributed by atoms with van der Waals surface area (Å²) in [6.07, 6.45) is 0.914. The number of aromatic nitrogens is 1. The summed E-state index contributed by atoms with van der Waals surface area (Å²) in [5, 5.41) is 19.6. The quantitative estimate of drug-likeness (QED) is 0.109. The van der Waals surface area contributed by atoms with Crippen LogP contribution in [0.5, 0.6) is 0 Å².